The summed E-state index contributed by atoms with van der Waals surface area (Å²) in [6.07, 6.45) is 0.818. The van der Waals surface area contributed by atoms with Crippen LogP contribution in [0.15, 0.2) is 10.9 Å². The number of carbonyl (C=O) groups is 1. The number of methoxy groups -OCH3 is 1. The number of H-pyrrole nitrogens is 1. The third-order valence-corrected chi connectivity index (χ3v) is 3.76. The molecule has 0 aromatic carbocycles. The number of rotatable bonds is 3. The Labute approximate surface area is 126 Å². The van der Waals surface area contributed by atoms with Crippen LogP contribution in [0.2, 0.25) is 0 Å². The van der Waals surface area contributed by atoms with Crippen molar-refractivity contribution in [2.45, 2.75) is 33.2 Å². The van der Waals surface area contributed by atoms with Gasteiger partial charge in [0.15, 0.2) is 4.77 Å². The van der Waals surface area contributed by atoms with Crippen molar-refractivity contribution >= 4 is 29.2 Å². The molecule has 0 amide bonds. The Hall–Kier alpha value is -2.02. The van der Waals surface area contributed by atoms with Crippen molar-refractivity contribution < 1.29 is 9.53 Å². The van der Waals surface area contributed by atoms with E-state index >= 15 is 0 Å². The number of aromatic nitrogens is 3. The SMILES string of the molecule is CC[C@H](C)n1c(=S)[nH]c(=O)c2c(C(=O)OC)cc(C)nc21. The Balaban J connectivity index is 3.02. The van der Waals surface area contributed by atoms with Crippen molar-refractivity contribution in [2.24, 2.45) is 0 Å². The van der Waals surface area contributed by atoms with Gasteiger partial charge in [0.2, 0.25) is 0 Å². The minimum atomic E-state index is -0.566. The van der Waals surface area contributed by atoms with Crippen molar-refractivity contribution in [3.05, 3.63) is 32.4 Å². The van der Waals surface area contributed by atoms with E-state index in [1.165, 1.54) is 7.11 Å². The van der Waals surface area contributed by atoms with E-state index in [0.717, 1.165) is 6.42 Å². The number of hydrogen-bond acceptors (Lipinski definition) is 5. The second-order valence-corrected chi connectivity index (χ2v) is 5.27. The zero-order valence-electron chi connectivity index (χ0n) is 12.4. The maximum Gasteiger partial charge on any atom is 0.338 e. The summed E-state index contributed by atoms with van der Waals surface area (Å²) in [6, 6.07) is 1.60. The van der Waals surface area contributed by atoms with Gasteiger partial charge in [-0.3, -0.25) is 14.3 Å². The lowest BCUT2D eigenvalue weighted by Crippen LogP contribution is -2.21. The van der Waals surface area contributed by atoms with Gasteiger partial charge in [0, 0.05) is 11.7 Å². The first-order valence-electron chi connectivity index (χ1n) is 6.65. The van der Waals surface area contributed by atoms with E-state index < -0.39 is 11.5 Å². The van der Waals surface area contributed by atoms with Gasteiger partial charge in [0.1, 0.15) is 5.65 Å². The lowest BCUT2D eigenvalue weighted by molar-refractivity contribution is 0.0602. The average Bonchev–Trinajstić information content (AvgIpc) is 2.44. The molecule has 0 aliphatic carbocycles. The number of hydrogen-bond donors (Lipinski definition) is 1. The molecule has 0 fully saturated rings. The molecule has 7 heteroatoms. The molecule has 0 aliphatic rings. The molecule has 0 spiro atoms. The number of aryl methyl sites for hydroxylation is 1. The monoisotopic (exact) mass is 307 g/mol. The van der Waals surface area contributed by atoms with Crippen molar-refractivity contribution in [1.29, 1.82) is 0 Å². The van der Waals surface area contributed by atoms with E-state index in [0.29, 0.717) is 16.1 Å². The van der Waals surface area contributed by atoms with Crippen LogP contribution >= 0.6 is 12.2 Å². The average molecular weight is 307 g/mol. The fourth-order valence-corrected chi connectivity index (χ4v) is 2.59. The van der Waals surface area contributed by atoms with Crippen molar-refractivity contribution in [3.63, 3.8) is 0 Å². The topological polar surface area (TPSA) is 77.0 Å². The second kappa shape index (κ2) is 5.77. The molecule has 6 nitrogen and oxygen atoms in total. The van der Waals surface area contributed by atoms with Crippen molar-refractivity contribution in [3.8, 4) is 0 Å². The molecule has 1 N–H and O–H groups in total. The van der Waals surface area contributed by atoms with Crippen molar-refractivity contribution in [1.82, 2.24) is 14.5 Å². The lowest BCUT2D eigenvalue weighted by atomic mass is 10.1. The number of ether oxygens (including phenoxy) is 1. The van der Waals surface area contributed by atoms with Crippen molar-refractivity contribution in [2.75, 3.05) is 7.11 Å². The van der Waals surface area contributed by atoms with Gasteiger partial charge in [-0.05, 0) is 38.6 Å². The molecule has 0 aliphatic heterocycles. The smallest absolute Gasteiger partial charge is 0.338 e. The first-order chi connectivity index (χ1) is 9.90. The molecule has 1 atom stereocenters. The third-order valence-electron chi connectivity index (χ3n) is 3.46. The fourth-order valence-electron chi connectivity index (χ4n) is 2.23. The number of pyridine rings is 1. The number of nitrogens with zero attached hydrogens (tertiary/aromatic N) is 2. The Morgan fingerprint density at radius 1 is 1.57 bits per heavy atom. The van der Waals surface area contributed by atoms with Crippen LogP contribution in [0.1, 0.15) is 42.4 Å². The maximum atomic E-state index is 12.2. The molecule has 0 saturated carbocycles. The minimum absolute atomic E-state index is 0.0525. The van der Waals surface area contributed by atoms with Gasteiger partial charge in [0.25, 0.3) is 5.56 Å². The summed E-state index contributed by atoms with van der Waals surface area (Å²) < 4.78 is 6.83. The largest absolute Gasteiger partial charge is 0.465 e. The highest BCUT2D eigenvalue weighted by molar-refractivity contribution is 7.71. The summed E-state index contributed by atoms with van der Waals surface area (Å²) in [4.78, 5) is 31.2. The number of aromatic amines is 1. The molecule has 21 heavy (non-hydrogen) atoms. The Morgan fingerprint density at radius 2 is 2.24 bits per heavy atom. The lowest BCUT2D eigenvalue weighted by Gasteiger charge is -2.17. The summed E-state index contributed by atoms with van der Waals surface area (Å²) >= 11 is 5.24. The molecule has 2 aromatic heterocycles. The Kier molecular flexibility index (Phi) is 4.22. The molecule has 2 heterocycles. The minimum Gasteiger partial charge on any atom is -0.465 e. The van der Waals surface area contributed by atoms with Gasteiger partial charge in [-0.1, -0.05) is 6.92 Å². The predicted molar refractivity (Wildman–Crippen MR) is 82.3 cm³/mol. The Bertz CT molecular complexity index is 823. The summed E-state index contributed by atoms with van der Waals surface area (Å²) in [7, 11) is 1.28. The van der Waals surface area contributed by atoms with Gasteiger partial charge < -0.3 is 4.74 Å². The highest BCUT2D eigenvalue weighted by atomic mass is 32.1. The molecule has 2 aromatic rings. The first kappa shape index (κ1) is 15.4. The highest BCUT2D eigenvalue weighted by Gasteiger charge is 2.19. The standard InChI is InChI=1S/C14H17N3O3S/c1-5-8(3)17-11-10(12(18)16-14(17)21)9(13(19)20-4)6-7(2)15-11/h6,8H,5H2,1-4H3,(H,16,18,21)/t8-/m0/s1. The molecule has 0 bridgehead atoms. The van der Waals surface area contributed by atoms with Crippen LogP contribution in [0.5, 0.6) is 0 Å². The van der Waals surface area contributed by atoms with Gasteiger partial charge >= 0.3 is 5.97 Å². The summed E-state index contributed by atoms with van der Waals surface area (Å²) in [6.45, 7) is 5.76. The quantitative estimate of drug-likeness (QED) is 0.696. The number of carbonyl (C=O) groups excluding carboxylic acids is 1. The summed E-state index contributed by atoms with van der Waals surface area (Å²) in [5, 5.41) is 0.210. The number of nitrogens with one attached hydrogen (secondary N) is 1. The summed E-state index contributed by atoms with van der Waals surface area (Å²) in [5.74, 6) is -0.566. The molecule has 0 radical (unpaired) electrons. The summed E-state index contributed by atoms with van der Waals surface area (Å²) in [5.41, 5.74) is 0.814. The molecular weight excluding hydrogens is 290 g/mol. The molecule has 0 unspecified atom stereocenters. The normalized spacial score (nSPS) is 12.4. The van der Waals surface area contributed by atoms with E-state index in [2.05, 4.69) is 9.97 Å². The third kappa shape index (κ3) is 2.61. The van der Waals surface area contributed by atoms with Crippen LogP contribution in [0.3, 0.4) is 0 Å². The van der Waals surface area contributed by atoms with Crippen LogP contribution < -0.4 is 5.56 Å². The molecule has 2 rings (SSSR count). The highest BCUT2D eigenvalue weighted by Crippen LogP contribution is 2.20. The van der Waals surface area contributed by atoms with E-state index in [1.54, 1.807) is 17.6 Å². The zero-order chi connectivity index (χ0) is 15.7. The Morgan fingerprint density at radius 3 is 2.81 bits per heavy atom. The number of esters is 1. The van der Waals surface area contributed by atoms with Gasteiger partial charge in [-0.2, -0.15) is 0 Å². The van der Waals surface area contributed by atoms with Crippen LogP contribution in [-0.4, -0.2) is 27.6 Å². The number of fused-ring (bicyclic) bond motifs is 1. The molecule has 0 saturated heterocycles. The maximum absolute atomic E-state index is 12.2. The van der Waals surface area contributed by atoms with E-state index in [1.807, 2.05) is 13.8 Å². The van der Waals surface area contributed by atoms with Gasteiger partial charge in [0.05, 0.1) is 18.1 Å². The van der Waals surface area contributed by atoms with Gasteiger partial charge in [-0.25, -0.2) is 9.78 Å². The van der Waals surface area contributed by atoms with Crippen LogP contribution in [0.4, 0.5) is 0 Å². The molecule has 112 valence electrons. The fraction of sp³-hybridized carbons (Fsp3) is 0.429. The van der Waals surface area contributed by atoms with Gasteiger partial charge in [-0.15, -0.1) is 0 Å². The van der Waals surface area contributed by atoms with E-state index in [4.69, 9.17) is 17.0 Å². The van der Waals surface area contributed by atoms with Crippen LogP contribution in [0.25, 0.3) is 11.0 Å². The van der Waals surface area contributed by atoms with Crippen LogP contribution in [0, 0.1) is 11.7 Å². The first-order valence-corrected chi connectivity index (χ1v) is 7.06. The molecular formula is C14H17N3O3S. The van der Waals surface area contributed by atoms with E-state index in [-0.39, 0.29) is 17.0 Å². The zero-order valence-corrected chi connectivity index (χ0v) is 13.2. The predicted octanol–water partition coefficient (Wildman–Crippen LogP) is 2.52. The second-order valence-electron chi connectivity index (χ2n) is 4.89. The van der Waals surface area contributed by atoms with Crippen LogP contribution in [-0.2, 0) is 4.74 Å². The van der Waals surface area contributed by atoms with E-state index in [9.17, 15) is 9.59 Å².